The van der Waals surface area contributed by atoms with Crippen molar-refractivity contribution in [3.63, 3.8) is 0 Å². The van der Waals surface area contributed by atoms with Crippen molar-refractivity contribution in [1.82, 2.24) is 0 Å². The van der Waals surface area contributed by atoms with Crippen LogP contribution in [0, 0.1) is 0 Å². The number of benzene rings is 5. The quantitative estimate of drug-likeness (QED) is 0.162. The molecule has 13 heteroatoms. The normalized spacial score (nSPS) is 17.1. The van der Waals surface area contributed by atoms with E-state index in [9.17, 15) is 9.59 Å². The van der Waals surface area contributed by atoms with Gasteiger partial charge in [-0.3, -0.25) is 19.5 Å². The topological polar surface area (TPSA) is 128 Å². The number of carbonyl (C=O) groups is 2. The monoisotopic (exact) mass is 775 g/mol. The second-order valence-corrected chi connectivity index (χ2v) is 13.6. The van der Waals surface area contributed by atoms with Crippen LogP contribution in [0.4, 0.5) is 28.4 Å². The number of nitrogens with zero attached hydrogens (tertiary/aromatic N) is 3. The fourth-order valence-electron chi connectivity index (χ4n) is 7.88. The van der Waals surface area contributed by atoms with E-state index in [1.54, 1.807) is 37.3 Å². The van der Waals surface area contributed by atoms with Crippen molar-refractivity contribution in [2.24, 2.45) is 4.99 Å². The summed E-state index contributed by atoms with van der Waals surface area (Å²) in [6, 6.07) is 28.5. The highest BCUT2D eigenvalue weighted by molar-refractivity contribution is 7.59. The molecule has 0 radical (unpaired) electrons. The van der Waals surface area contributed by atoms with Crippen molar-refractivity contribution in [2.45, 2.75) is 38.1 Å². The molecule has 0 aromatic heterocycles. The third kappa shape index (κ3) is 6.67. The van der Waals surface area contributed by atoms with E-state index in [2.05, 4.69) is 11.4 Å². The minimum Gasteiger partial charge on any atom is -0.493 e. The number of rotatable bonds is 8. The Bertz CT molecular complexity index is 2350. The number of amides is 2. The van der Waals surface area contributed by atoms with Gasteiger partial charge in [0.05, 0.1) is 48.8 Å². The number of nitrogens with two attached hydrogens (primary N) is 1. The largest absolute Gasteiger partial charge is 0.493 e. The Morgan fingerprint density at radius 1 is 0.709 bits per heavy atom. The molecule has 0 spiro atoms. The molecular formula is C42H41N5O6S2. The van der Waals surface area contributed by atoms with E-state index in [0.29, 0.717) is 64.2 Å². The summed E-state index contributed by atoms with van der Waals surface area (Å²) >= 11 is 0. The van der Waals surface area contributed by atoms with Crippen molar-refractivity contribution in [3.05, 3.63) is 124 Å². The molecule has 2 amide bonds. The first kappa shape index (κ1) is 37.5. The van der Waals surface area contributed by atoms with Gasteiger partial charge in [0.15, 0.2) is 23.0 Å². The second-order valence-electron chi connectivity index (χ2n) is 13.6. The van der Waals surface area contributed by atoms with Gasteiger partial charge in [0.2, 0.25) is 0 Å². The lowest BCUT2D eigenvalue weighted by atomic mass is 10.1. The minimum absolute atomic E-state index is 0. The van der Waals surface area contributed by atoms with Crippen molar-refractivity contribution >= 4 is 73.5 Å². The first-order valence-electron chi connectivity index (χ1n) is 17.6. The second kappa shape index (κ2) is 15.2. The van der Waals surface area contributed by atoms with Crippen LogP contribution in [-0.2, 0) is 26.1 Å². The van der Waals surface area contributed by atoms with Crippen LogP contribution in [0.5, 0.6) is 23.0 Å². The van der Waals surface area contributed by atoms with Crippen LogP contribution < -0.4 is 39.8 Å². The first-order chi connectivity index (χ1) is 25.9. The SMILES string of the molecule is COc1cc2c(cc1OCc1cc(N)cc(COc3cc4c(cc3OC)C(=O)N3c5ccccc5C[C@H]3CN4)c1)N=C[C@@H]1Cc3ccccc3N1C2=O.S.S. The fraction of sp³-hybridized carbons (Fsp3) is 0.214. The van der Waals surface area contributed by atoms with Gasteiger partial charge in [-0.25, -0.2) is 0 Å². The van der Waals surface area contributed by atoms with Crippen LogP contribution in [0.25, 0.3) is 0 Å². The van der Waals surface area contributed by atoms with E-state index in [0.717, 1.165) is 34.5 Å². The molecule has 55 heavy (non-hydrogen) atoms. The molecule has 0 saturated heterocycles. The van der Waals surface area contributed by atoms with E-state index >= 15 is 0 Å². The number of carbonyl (C=O) groups excluding carboxylic acids is 2. The van der Waals surface area contributed by atoms with Crippen molar-refractivity contribution in [3.8, 4) is 23.0 Å². The zero-order valence-electron chi connectivity index (χ0n) is 30.3. The summed E-state index contributed by atoms with van der Waals surface area (Å²) in [6.45, 7) is 0.994. The molecule has 282 valence electrons. The Morgan fingerprint density at radius 3 is 1.96 bits per heavy atom. The lowest BCUT2D eigenvalue weighted by Gasteiger charge is -2.22. The average molecular weight is 776 g/mol. The fourth-order valence-corrected chi connectivity index (χ4v) is 7.88. The maximum absolute atomic E-state index is 13.8. The van der Waals surface area contributed by atoms with Crippen molar-refractivity contribution in [2.75, 3.05) is 41.6 Å². The molecule has 0 bridgehead atoms. The highest BCUT2D eigenvalue weighted by Crippen LogP contribution is 2.43. The lowest BCUT2D eigenvalue weighted by molar-refractivity contribution is 0.0976. The molecule has 2 atom stereocenters. The van der Waals surface area contributed by atoms with E-state index in [4.69, 9.17) is 29.7 Å². The smallest absolute Gasteiger partial charge is 0.261 e. The number of anilines is 4. The number of fused-ring (bicyclic) bond motifs is 8. The third-order valence-electron chi connectivity index (χ3n) is 10.3. The van der Waals surface area contributed by atoms with Crippen LogP contribution >= 0.6 is 27.0 Å². The molecule has 9 rings (SSSR count). The molecule has 5 aromatic carbocycles. The highest BCUT2D eigenvalue weighted by atomic mass is 32.1. The molecule has 0 saturated carbocycles. The molecule has 3 N–H and O–H groups in total. The predicted molar refractivity (Wildman–Crippen MR) is 224 cm³/mol. The van der Waals surface area contributed by atoms with Gasteiger partial charge in [0.1, 0.15) is 13.2 Å². The molecule has 4 aliphatic heterocycles. The van der Waals surface area contributed by atoms with Crippen LogP contribution in [0.2, 0.25) is 0 Å². The summed E-state index contributed by atoms with van der Waals surface area (Å²) in [5.74, 6) is 1.65. The van der Waals surface area contributed by atoms with E-state index in [-0.39, 0.29) is 64.1 Å². The third-order valence-corrected chi connectivity index (χ3v) is 10.3. The van der Waals surface area contributed by atoms with E-state index < -0.39 is 0 Å². The molecule has 11 nitrogen and oxygen atoms in total. The molecule has 0 unspecified atom stereocenters. The predicted octanol–water partition coefficient (Wildman–Crippen LogP) is 6.95. The lowest BCUT2D eigenvalue weighted by Crippen LogP contribution is -2.39. The Balaban J connectivity index is 0.00000233. The number of ether oxygens (including phenoxy) is 4. The maximum atomic E-state index is 13.8. The number of aliphatic imine (C=N–C) groups is 1. The number of nitrogen functional groups attached to an aromatic ring is 1. The summed E-state index contributed by atoms with van der Waals surface area (Å²) in [7, 11) is 3.11. The van der Waals surface area contributed by atoms with Gasteiger partial charge in [0.25, 0.3) is 11.8 Å². The summed E-state index contributed by atoms with van der Waals surface area (Å²) in [5, 5.41) is 3.48. The molecule has 4 aliphatic rings. The van der Waals surface area contributed by atoms with Crippen LogP contribution in [0.15, 0.2) is 96.0 Å². The summed E-state index contributed by atoms with van der Waals surface area (Å²) in [6.07, 6.45) is 3.34. The van der Waals surface area contributed by atoms with Gasteiger partial charge in [-0.15, -0.1) is 0 Å². The first-order valence-corrected chi connectivity index (χ1v) is 17.6. The van der Waals surface area contributed by atoms with Gasteiger partial charge in [-0.2, -0.15) is 27.0 Å². The maximum Gasteiger partial charge on any atom is 0.261 e. The Labute approximate surface area is 332 Å². The van der Waals surface area contributed by atoms with Gasteiger partial charge < -0.3 is 34.9 Å². The van der Waals surface area contributed by atoms with E-state index in [1.807, 2.05) is 77.8 Å². The van der Waals surface area contributed by atoms with Crippen LogP contribution in [0.1, 0.15) is 43.0 Å². The van der Waals surface area contributed by atoms with Gasteiger partial charge >= 0.3 is 0 Å². The Kier molecular flexibility index (Phi) is 10.3. The molecule has 0 aliphatic carbocycles. The molecule has 0 fully saturated rings. The number of hydrogen-bond donors (Lipinski definition) is 2. The Hall–Kier alpha value is -5.79. The zero-order valence-corrected chi connectivity index (χ0v) is 32.3. The number of para-hydroxylation sites is 2. The highest BCUT2D eigenvalue weighted by Gasteiger charge is 2.38. The summed E-state index contributed by atoms with van der Waals surface area (Å²) in [5.41, 5.74) is 14.9. The van der Waals surface area contributed by atoms with Gasteiger partial charge in [-0.1, -0.05) is 36.4 Å². The molecular weight excluding hydrogens is 735 g/mol. The number of hydrogen-bond acceptors (Lipinski definition) is 9. The molecule has 4 heterocycles. The van der Waals surface area contributed by atoms with Crippen molar-refractivity contribution < 1.29 is 28.5 Å². The zero-order chi connectivity index (χ0) is 36.2. The molecule has 5 aromatic rings. The minimum atomic E-state index is -0.156. The van der Waals surface area contributed by atoms with Crippen LogP contribution in [-0.4, -0.2) is 50.9 Å². The average Bonchev–Trinajstić information content (AvgIpc) is 3.67. The van der Waals surface area contributed by atoms with Crippen LogP contribution in [0.3, 0.4) is 0 Å². The summed E-state index contributed by atoms with van der Waals surface area (Å²) in [4.78, 5) is 36.0. The number of nitrogens with one attached hydrogen (secondary N) is 1. The Morgan fingerprint density at radius 2 is 1.29 bits per heavy atom. The summed E-state index contributed by atoms with van der Waals surface area (Å²) < 4.78 is 24.0. The van der Waals surface area contributed by atoms with Gasteiger partial charge in [-0.05, 0) is 71.1 Å². The van der Waals surface area contributed by atoms with Crippen molar-refractivity contribution in [1.29, 1.82) is 0 Å². The number of methoxy groups -OCH3 is 2. The van der Waals surface area contributed by atoms with Gasteiger partial charge in [0, 0.05) is 48.4 Å². The standard InChI is InChI=1S/C42H37N5O6.2H2S/c1-50-37-16-31-33(44-20-29-14-26-7-3-5-9-35(26)46(29)41(31)48)18-39(37)52-22-24-11-25(13-28(43)12-24)23-53-40-19-34-32(17-38(40)51-2)42(49)47-30(21-45-34)15-27-8-4-6-10-36(27)47;;/h3-13,16-20,29-30,45H,14-15,21-23,43H2,1-2H3;2*1H2/t29-,30-;;/m0../s1. The van der Waals surface area contributed by atoms with E-state index in [1.165, 1.54) is 5.56 Å².